The molecule has 0 heterocycles. The molecule has 1 N–H and O–H groups in total. The lowest BCUT2D eigenvalue weighted by atomic mass is 9.94. The molecule has 0 spiro atoms. The van der Waals surface area contributed by atoms with E-state index < -0.39 is 0 Å². The SMILES string of the molecule is O=C1CCCC/C1=C/NC1=CC=CCC1. The first kappa shape index (κ1) is 10.2. The van der Waals surface area contributed by atoms with E-state index in [1.54, 1.807) is 0 Å². The second-order valence-corrected chi connectivity index (χ2v) is 4.10. The zero-order valence-electron chi connectivity index (χ0n) is 8.96. The van der Waals surface area contributed by atoms with Crippen molar-refractivity contribution in [2.75, 3.05) is 0 Å². The van der Waals surface area contributed by atoms with E-state index in [0.717, 1.165) is 44.1 Å². The molecule has 2 rings (SSSR count). The van der Waals surface area contributed by atoms with Crippen LogP contribution in [0.15, 0.2) is 35.7 Å². The van der Waals surface area contributed by atoms with Gasteiger partial charge in [0.15, 0.2) is 5.78 Å². The first-order valence-electron chi connectivity index (χ1n) is 5.71. The van der Waals surface area contributed by atoms with Crippen molar-refractivity contribution < 1.29 is 4.79 Å². The van der Waals surface area contributed by atoms with Gasteiger partial charge in [0, 0.05) is 23.9 Å². The molecule has 2 nitrogen and oxygen atoms in total. The largest absolute Gasteiger partial charge is 0.365 e. The van der Waals surface area contributed by atoms with Crippen LogP contribution >= 0.6 is 0 Å². The quantitative estimate of drug-likeness (QED) is 0.699. The normalized spacial score (nSPS) is 24.1. The van der Waals surface area contributed by atoms with Crippen molar-refractivity contribution >= 4 is 5.78 Å². The van der Waals surface area contributed by atoms with Gasteiger partial charge in [0.2, 0.25) is 0 Å². The molecule has 1 saturated carbocycles. The van der Waals surface area contributed by atoms with Crippen molar-refractivity contribution in [2.45, 2.75) is 38.5 Å². The number of carbonyl (C=O) groups is 1. The molecule has 2 aliphatic rings. The maximum Gasteiger partial charge on any atom is 0.160 e. The van der Waals surface area contributed by atoms with E-state index in [1.807, 2.05) is 6.20 Å². The van der Waals surface area contributed by atoms with Crippen LogP contribution in [0.1, 0.15) is 38.5 Å². The molecule has 0 amide bonds. The Bertz CT molecular complexity index is 336. The first-order chi connectivity index (χ1) is 7.36. The maximum absolute atomic E-state index is 11.5. The van der Waals surface area contributed by atoms with Crippen LogP contribution in [0.4, 0.5) is 0 Å². The second-order valence-electron chi connectivity index (χ2n) is 4.10. The standard InChI is InChI=1S/C13H17NO/c15-13-9-5-4-6-11(13)10-14-12-7-2-1-3-8-12/h1-2,7,10,14H,3-6,8-9H2/b11-10-. The number of allylic oxidation sites excluding steroid dienone is 5. The number of nitrogens with one attached hydrogen (secondary N) is 1. The van der Waals surface area contributed by atoms with Crippen molar-refractivity contribution in [3.63, 3.8) is 0 Å². The summed E-state index contributed by atoms with van der Waals surface area (Å²) in [4.78, 5) is 11.5. The van der Waals surface area contributed by atoms with Gasteiger partial charge < -0.3 is 5.32 Å². The van der Waals surface area contributed by atoms with Gasteiger partial charge in [-0.2, -0.15) is 0 Å². The molecule has 0 unspecified atom stereocenters. The minimum Gasteiger partial charge on any atom is -0.365 e. The molecular formula is C13H17NO. The number of ketones is 1. The molecule has 1 fully saturated rings. The Morgan fingerprint density at radius 2 is 2.07 bits per heavy atom. The van der Waals surface area contributed by atoms with Gasteiger partial charge >= 0.3 is 0 Å². The molecule has 15 heavy (non-hydrogen) atoms. The van der Waals surface area contributed by atoms with Gasteiger partial charge in [0.25, 0.3) is 0 Å². The smallest absolute Gasteiger partial charge is 0.160 e. The molecule has 0 atom stereocenters. The van der Waals surface area contributed by atoms with Crippen molar-refractivity contribution in [1.82, 2.24) is 5.32 Å². The molecule has 2 aliphatic carbocycles. The molecule has 2 heteroatoms. The molecule has 80 valence electrons. The Hall–Kier alpha value is -1.31. The van der Waals surface area contributed by atoms with E-state index in [9.17, 15) is 4.79 Å². The third-order valence-electron chi connectivity index (χ3n) is 2.90. The van der Waals surface area contributed by atoms with Crippen molar-refractivity contribution in [1.29, 1.82) is 0 Å². The van der Waals surface area contributed by atoms with Crippen molar-refractivity contribution in [3.8, 4) is 0 Å². The Morgan fingerprint density at radius 3 is 2.80 bits per heavy atom. The van der Waals surface area contributed by atoms with E-state index in [0.29, 0.717) is 5.78 Å². The number of hydrogen-bond acceptors (Lipinski definition) is 2. The van der Waals surface area contributed by atoms with Crippen LogP contribution in [0, 0.1) is 0 Å². The number of Topliss-reactive ketones (excluding diaryl/α,β-unsaturated/α-hetero) is 1. The average molecular weight is 203 g/mol. The predicted octanol–water partition coefficient (Wildman–Crippen LogP) is 2.84. The van der Waals surface area contributed by atoms with Crippen LogP contribution in [0.25, 0.3) is 0 Å². The fourth-order valence-electron chi connectivity index (χ4n) is 1.96. The Morgan fingerprint density at radius 1 is 1.20 bits per heavy atom. The minimum absolute atomic E-state index is 0.320. The molecule has 0 aromatic heterocycles. The summed E-state index contributed by atoms with van der Waals surface area (Å²) in [6.45, 7) is 0. The van der Waals surface area contributed by atoms with Crippen LogP contribution in [0.3, 0.4) is 0 Å². The Labute approximate surface area is 90.7 Å². The van der Waals surface area contributed by atoms with Gasteiger partial charge in [-0.1, -0.05) is 12.2 Å². The molecular weight excluding hydrogens is 186 g/mol. The maximum atomic E-state index is 11.5. The molecule has 0 aromatic carbocycles. The summed E-state index contributed by atoms with van der Waals surface area (Å²) in [7, 11) is 0. The van der Waals surface area contributed by atoms with Crippen LogP contribution < -0.4 is 5.32 Å². The van der Waals surface area contributed by atoms with Gasteiger partial charge in [-0.15, -0.1) is 0 Å². The van der Waals surface area contributed by atoms with Gasteiger partial charge in [-0.3, -0.25) is 4.79 Å². The molecule has 0 radical (unpaired) electrons. The number of rotatable bonds is 2. The Kier molecular flexibility index (Phi) is 3.38. The van der Waals surface area contributed by atoms with E-state index in [4.69, 9.17) is 0 Å². The van der Waals surface area contributed by atoms with Crippen molar-refractivity contribution in [2.24, 2.45) is 0 Å². The van der Waals surface area contributed by atoms with E-state index in [2.05, 4.69) is 23.5 Å². The number of carbonyl (C=O) groups excluding carboxylic acids is 1. The summed E-state index contributed by atoms with van der Waals surface area (Å²) < 4.78 is 0. The minimum atomic E-state index is 0.320. The lowest BCUT2D eigenvalue weighted by molar-refractivity contribution is -0.116. The topological polar surface area (TPSA) is 29.1 Å². The summed E-state index contributed by atoms with van der Waals surface area (Å²) in [5.41, 5.74) is 2.18. The van der Waals surface area contributed by atoms with Crippen molar-refractivity contribution in [3.05, 3.63) is 35.7 Å². The van der Waals surface area contributed by atoms with Crippen LogP contribution in [-0.4, -0.2) is 5.78 Å². The number of hydrogen-bond donors (Lipinski definition) is 1. The highest BCUT2D eigenvalue weighted by molar-refractivity contribution is 5.95. The summed E-state index contributed by atoms with van der Waals surface area (Å²) in [5, 5.41) is 3.25. The lowest BCUT2D eigenvalue weighted by Crippen LogP contribution is -2.14. The van der Waals surface area contributed by atoms with E-state index in [1.165, 1.54) is 5.70 Å². The van der Waals surface area contributed by atoms with E-state index >= 15 is 0 Å². The van der Waals surface area contributed by atoms with Crippen LogP contribution in [0.2, 0.25) is 0 Å². The van der Waals surface area contributed by atoms with Gasteiger partial charge in [-0.05, 0) is 38.2 Å². The molecule has 0 saturated heterocycles. The summed E-state index contributed by atoms with van der Waals surface area (Å²) in [6, 6.07) is 0. The third kappa shape index (κ3) is 2.82. The molecule has 0 aliphatic heterocycles. The first-order valence-corrected chi connectivity index (χ1v) is 5.71. The highest BCUT2D eigenvalue weighted by Crippen LogP contribution is 2.19. The fourth-order valence-corrected chi connectivity index (χ4v) is 1.96. The van der Waals surface area contributed by atoms with Gasteiger partial charge in [0.05, 0.1) is 0 Å². The second kappa shape index (κ2) is 4.96. The fraction of sp³-hybridized carbons (Fsp3) is 0.462. The van der Waals surface area contributed by atoms with E-state index in [-0.39, 0.29) is 0 Å². The highest BCUT2D eigenvalue weighted by Gasteiger charge is 2.14. The molecule has 0 aromatic rings. The summed E-state index contributed by atoms with van der Waals surface area (Å²) in [6.07, 6.45) is 14.2. The van der Waals surface area contributed by atoms with Gasteiger partial charge in [0.1, 0.15) is 0 Å². The third-order valence-corrected chi connectivity index (χ3v) is 2.90. The summed E-state index contributed by atoms with van der Waals surface area (Å²) >= 11 is 0. The monoisotopic (exact) mass is 203 g/mol. The molecule has 0 bridgehead atoms. The lowest BCUT2D eigenvalue weighted by Gasteiger charge is -2.14. The Balaban J connectivity index is 1.94. The highest BCUT2D eigenvalue weighted by atomic mass is 16.1. The summed E-state index contributed by atoms with van der Waals surface area (Å²) in [5.74, 6) is 0.320. The van der Waals surface area contributed by atoms with Crippen LogP contribution in [-0.2, 0) is 4.79 Å². The predicted molar refractivity (Wildman–Crippen MR) is 61.2 cm³/mol. The van der Waals surface area contributed by atoms with Gasteiger partial charge in [-0.25, -0.2) is 0 Å². The zero-order valence-corrected chi connectivity index (χ0v) is 8.96. The average Bonchev–Trinajstić information content (AvgIpc) is 2.29. The zero-order chi connectivity index (χ0) is 10.5. The van der Waals surface area contributed by atoms with Crippen LogP contribution in [0.5, 0.6) is 0 Å².